The van der Waals surface area contributed by atoms with Gasteiger partial charge in [0, 0.05) is 10.9 Å². The SMILES string of the molecule is CCc1ccsc1C(NC)C1CCCCCC1. The van der Waals surface area contributed by atoms with Crippen LogP contribution in [0.25, 0.3) is 0 Å². The third-order valence-electron chi connectivity index (χ3n) is 4.13. The number of nitrogens with one attached hydrogen (secondary N) is 1. The molecule has 0 saturated heterocycles. The fourth-order valence-electron chi connectivity index (χ4n) is 3.14. The summed E-state index contributed by atoms with van der Waals surface area (Å²) in [7, 11) is 2.13. The van der Waals surface area contributed by atoms with Crippen molar-refractivity contribution in [3.05, 3.63) is 21.9 Å². The highest BCUT2D eigenvalue weighted by molar-refractivity contribution is 7.10. The summed E-state index contributed by atoms with van der Waals surface area (Å²) < 4.78 is 0. The largest absolute Gasteiger partial charge is 0.312 e. The molecule has 2 heteroatoms. The molecular weight excluding hydrogens is 226 g/mol. The molecule has 1 nitrogen and oxygen atoms in total. The highest BCUT2D eigenvalue weighted by atomic mass is 32.1. The van der Waals surface area contributed by atoms with Crippen molar-refractivity contribution in [1.29, 1.82) is 0 Å². The van der Waals surface area contributed by atoms with Gasteiger partial charge in [-0.2, -0.15) is 0 Å². The Bertz CT molecular complexity index is 323. The van der Waals surface area contributed by atoms with Crippen molar-refractivity contribution in [1.82, 2.24) is 5.32 Å². The molecular formula is C15H25NS. The zero-order valence-corrected chi connectivity index (χ0v) is 12.0. The van der Waals surface area contributed by atoms with Crippen LogP contribution in [0.2, 0.25) is 0 Å². The van der Waals surface area contributed by atoms with E-state index in [1.165, 1.54) is 44.9 Å². The Labute approximate surface area is 110 Å². The third kappa shape index (κ3) is 3.11. The van der Waals surface area contributed by atoms with E-state index in [2.05, 4.69) is 30.7 Å². The van der Waals surface area contributed by atoms with Crippen molar-refractivity contribution >= 4 is 11.3 Å². The van der Waals surface area contributed by atoms with Gasteiger partial charge < -0.3 is 5.32 Å². The number of hydrogen-bond donors (Lipinski definition) is 1. The Morgan fingerprint density at radius 2 is 2.00 bits per heavy atom. The van der Waals surface area contributed by atoms with Gasteiger partial charge in [-0.3, -0.25) is 0 Å². The van der Waals surface area contributed by atoms with Crippen molar-refractivity contribution in [2.24, 2.45) is 5.92 Å². The molecule has 1 N–H and O–H groups in total. The monoisotopic (exact) mass is 251 g/mol. The Morgan fingerprint density at radius 1 is 1.29 bits per heavy atom. The molecule has 1 aromatic heterocycles. The van der Waals surface area contributed by atoms with Gasteiger partial charge in [-0.1, -0.05) is 32.6 Å². The zero-order valence-electron chi connectivity index (χ0n) is 11.2. The molecule has 17 heavy (non-hydrogen) atoms. The van der Waals surface area contributed by atoms with Crippen LogP contribution in [-0.2, 0) is 6.42 Å². The third-order valence-corrected chi connectivity index (χ3v) is 5.17. The molecule has 2 rings (SSSR count). The quantitative estimate of drug-likeness (QED) is 0.775. The summed E-state index contributed by atoms with van der Waals surface area (Å²) in [4.78, 5) is 1.60. The van der Waals surface area contributed by atoms with Crippen LogP contribution in [0.3, 0.4) is 0 Å². The van der Waals surface area contributed by atoms with E-state index in [1.807, 2.05) is 11.3 Å². The van der Waals surface area contributed by atoms with Gasteiger partial charge in [0.2, 0.25) is 0 Å². The first kappa shape index (κ1) is 13.1. The molecule has 0 aromatic carbocycles. The molecule has 0 bridgehead atoms. The lowest BCUT2D eigenvalue weighted by molar-refractivity contribution is 0.344. The van der Waals surface area contributed by atoms with Crippen LogP contribution in [0, 0.1) is 5.92 Å². The predicted molar refractivity (Wildman–Crippen MR) is 76.7 cm³/mol. The van der Waals surface area contributed by atoms with Gasteiger partial charge in [0.25, 0.3) is 0 Å². The molecule has 1 aliphatic carbocycles. The molecule has 1 atom stereocenters. The molecule has 0 radical (unpaired) electrons. The summed E-state index contributed by atoms with van der Waals surface area (Å²) in [5, 5.41) is 5.85. The van der Waals surface area contributed by atoms with E-state index < -0.39 is 0 Å². The van der Waals surface area contributed by atoms with Crippen molar-refractivity contribution in [2.45, 2.75) is 57.9 Å². The second-order valence-corrected chi connectivity index (χ2v) is 6.13. The van der Waals surface area contributed by atoms with Crippen LogP contribution < -0.4 is 5.32 Å². The van der Waals surface area contributed by atoms with E-state index in [1.54, 1.807) is 10.4 Å². The highest BCUT2D eigenvalue weighted by Gasteiger charge is 2.25. The molecule has 1 fully saturated rings. The Hall–Kier alpha value is -0.340. The summed E-state index contributed by atoms with van der Waals surface area (Å²) in [6.07, 6.45) is 9.73. The topological polar surface area (TPSA) is 12.0 Å². The van der Waals surface area contributed by atoms with E-state index in [0.29, 0.717) is 6.04 Å². The fourth-order valence-corrected chi connectivity index (χ4v) is 4.34. The first-order valence-corrected chi connectivity index (χ1v) is 7.98. The smallest absolute Gasteiger partial charge is 0.0443 e. The first-order chi connectivity index (χ1) is 8.36. The van der Waals surface area contributed by atoms with Crippen LogP contribution in [0.4, 0.5) is 0 Å². The van der Waals surface area contributed by atoms with Gasteiger partial charge in [-0.25, -0.2) is 0 Å². The van der Waals surface area contributed by atoms with Crippen molar-refractivity contribution in [3.63, 3.8) is 0 Å². The molecule has 1 aromatic rings. The van der Waals surface area contributed by atoms with Crippen LogP contribution in [-0.4, -0.2) is 7.05 Å². The summed E-state index contributed by atoms with van der Waals surface area (Å²) in [5.74, 6) is 0.853. The second-order valence-electron chi connectivity index (χ2n) is 5.18. The average molecular weight is 251 g/mol. The number of hydrogen-bond acceptors (Lipinski definition) is 2. The number of thiophene rings is 1. The normalized spacial score (nSPS) is 20.1. The predicted octanol–water partition coefficient (Wildman–Crippen LogP) is 4.54. The van der Waals surface area contributed by atoms with Gasteiger partial charge in [0.05, 0.1) is 0 Å². The maximum Gasteiger partial charge on any atom is 0.0443 e. The lowest BCUT2D eigenvalue weighted by Crippen LogP contribution is -2.25. The zero-order chi connectivity index (χ0) is 12.1. The van der Waals surface area contributed by atoms with Crippen LogP contribution >= 0.6 is 11.3 Å². The standard InChI is InChI=1S/C15H25NS/c1-3-12-10-11-17-15(12)14(16-2)13-8-6-4-5-7-9-13/h10-11,13-14,16H,3-9H2,1-2H3. The van der Waals surface area contributed by atoms with Crippen LogP contribution in [0.1, 0.15) is 61.9 Å². The van der Waals surface area contributed by atoms with Gasteiger partial charge in [0.15, 0.2) is 0 Å². The maximum atomic E-state index is 3.59. The molecule has 0 amide bonds. The Balaban J connectivity index is 2.14. The molecule has 0 aliphatic heterocycles. The summed E-state index contributed by atoms with van der Waals surface area (Å²) in [6, 6.07) is 2.91. The summed E-state index contributed by atoms with van der Waals surface area (Å²) in [6.45, 7) is 2.27. The maximum absolute atomic E-state index is 3.59. The summed E-state index contributed by atoms with van der Waals surface area (Å²) >= 11 is 1.94. The number of aryl methyl sites for hydroxylation is 1. The molecule has 1 heterocycles. The molecule has 1 saturated carbocycles. The molecule has 1 unspecified atom stereocenters. The van der Waals surface area contributed by atoms with Gasteiger partial charge in [-0.05, 0) is 49.2 Å². The van der Waals surface area contributed by atoms with Crippen molar-refractivity contribution < 1.29 is 0 Å². The van der Waals surface area contributed by atoms with Crippen LogP contribution in [0.5, 0.6) is 0 Å². The number of rotatable bonds is 4. The van der Waals surface area contributed by atoms with E-state index >= 15 is 0 Å². The van der Waals surface area contributed by atoms with Crippen molar-refractivity contribution in [3.8, 4) is 0 Å². The average Bonchev–Trinajstić information content (AvgIpc) is 2.65. The van der Waals surface area contributed by atoms with Gasteiger partial charge in [-0.15, -0.1) is 11.3 Å². The van der Waals surface area contributed by atoms with Crippen LogP contribution in [0.15, 0.2) is 11.4 Å². The molecule has 1 aliphatic rings. The minimum atomic E-state index is 0.600. The first-order valence-electron chi connectivity index (χ1n) is 7.10. The second kappa shape index (κ2) is 6.55. The lowest BCUT2D eigenvalue weighted by atomic mass is 9.89. The van der Waals surface area contributed by atoms with E-state index in [9.17, 15) is 0 Å². The Kier molecular flexibility index (Phi) is 5.05. The van der Waals surface area contributed by atoms with Crippen molar-refractivity contribution in [2.75, 3.05) is 7.05 Å². The Morgan fingerprint density at radius 3 is 2.59 bits per heavy atom. The van der Waals surface area contributed by atoms with E-state index in [4.69, 9.17) is 0 Å². The lowest BCUT2D eigenvalue weighted by Gasteiger charge is -2.26. The fraction of sp³-hybridized carbons (Fsp3) is 0.733. The van der Waals surface area contributed by atoms with Gasteiger partial charge in [0.1, 0.15) is 0 Å². The molecule has 96 valence electrons. The minimum Gasteiger partial charge on any atom is -0.312 e. The highest BCUT2D eigenvalue weighted by Crippen LogP contribution is 2.37. The van der Waals surface area contributed by atoms with Gasteiger partial charge >= 0.3 is 0 Å². The summed E-state index contributed by atoms with van der Waals surface area (Å²) in [5.41, 5.74) is 1.55. The minimum absolute atomic E-state index is 0.600. The molecule has 0 spiro atoms. The van der Waals surface area contributed by atoms with E-state index in [0.717, 1.165) is 5.92 Å². The van der Waals surface area contributed by atoms with E-state index in [-0.39, 0.29) is 0 Å².